The Balaban J connectivity index is 2.51. The molecule has 4 unspecified atom stereocenters. The third-order valence-corrected chi connectivity index (χ3v) is 4.23. The van der Waals surface area contributed by atoms with Gasteiger partial charge < -0.3 is 29.8 Å². The third-order valence-electron chi connectivity index (χ3n) is 4.23. The van der Waals surface area contributed by atoms with Crippen LogP contribution in [0.3, 0.4) is 0 Å². The van der Waals surface area contributed by atoms with E-state index in [1.807, 2.05) is 6.92 Å². The summed E-state index contributed by atoms with van der Waals surface area (Å²) < 4.78 is 9.52. The van der Waals surface area contributed by atoms with Crippen molar-refractivity contribution < 1.29 is 39.3 Å². The van der Waals surface area contributed by atoms with Crippen LogP contribution in [0.15, 0.2) is 0 Å². The first-order valence-electron chi connectivity index (χ1n) is 7.96. The molecule has 2 heterocycles. The number of H-pyrrole nitrogens is 1. The minimum Gasteiger partial charge on any atom is -0.464 e. The van der Waals surface area contributed by atoms with Crippen molar-refractivity contribution >= 4 is 11.9 Å². The average molecular weight is 372 g/mol. The standard InChI is InChI=1S/C15H20N2O9/c1-3-4-5-6-7-9(16-8(6)14(21)25-2)15(22)26-12(10(7)18)11(19)13(20)17(23)24/h10-13,16,18-20H,3-5H2,1-2H3. The lowest BCUT2D eigenvalue weighted by Gasteiger charge is -2.31. The van der Waals surface area contributed by atoms with Gasteiger partial charge in [-0.25, -0.2) is 9.59 Å². The molecule has 0 amide bonds. The predicted molar refractivity (Wildman–Crippen MR) is 83.9 cm³/mol. The highest BCUT2D eigenvalue weighted by Crippen LogP contribution is 2.37. The summed E-state index contributed by atoms with van der Waals surface area (Å²) in [6.07, 6.45) is -6.35. The number of methoxy groups -OCH3 is 1. The molecule has 0 saturated heterocycles. The summed E-state index contributed by atoms with van der Waals surface area (Å²) in [4.78, 5) is 36.2. The van der Waals surface area contributed by atoms with Crippen molar-refractivity contribution in [3.8, 4) is 0 Å². The molecule has 0 radical (unpaired) electrons. The number of nitrogens with zero attached hydrogens (tertiary/aromatic N) is 1. The zero-order valence-corrected chi connectivity index (χ0v) is 14.2. The summed E-state index contributed by atoms with van der Waals surface area (Å²) in [5.74, 6) is -1.77. The van der Waals surface area contributed by atoms with Gasteiger partial charge in [0.15, 0.2) is 12.2 Å². The quantitative estimate of drug-likeness (QED) is 0.216. The molecule has 0 spiro atoms. The number of carbonyl (C=O) groups is 2. The van der Waals surface area contributed by atoms with Crippen LogP contribution in [0.2, 0.25) is 0 Å². The van der Waals surface area contributed by atoms with E-state index in [-0.39, 0.29) is 17.0 Å². The van der Waals surface area contributed by atoms with Crippen LogP contribution in [0.25, 0.3) is 0 Å². The molecule has 4 atom stereocenters. The molecule has 11 heteroatoms. The van der Waals surface area contributed by atoms with Gasteiger partial charge in [-0.05, 0) is 18.4 Å². The number of esters is 2. The van der Waals surface area contributed by atoms with Crippen molar-refractivity contribution in [2.45, 2.75) is 50.7 Å². The van der Waals surface area contributed by atoms with Gasteiger partial charge in [-0.2, -0.15) is 0 Å². The summed E-state index contributed by atoms with van der Waals surface area (Å²) in [5.41, 5.74) is 0.0929. The molecular weight excluding hydrogens is 352 g/mol. The van der Waals surface area contributed by atoms with Crippen molar-refractivity contribution in [3.63, 3.8) is 0 Å². The van der Waals surface area contributed by atoms with E-state index in [0.717, 1.165) is 13.5 Å². The van der Waals surface area contributed by atoms with Gasteiger partial charge in [-0.3, -0.25) is 10.1 Å². The van der Waals surface area contributed by atoms with Crippen LogP contribution in [-0.4, -0.2) is 62.7 Å². The summed E-state index contributed by atoms with van der Waals surface area (Å²) in [6, 6.07) is 0. The summed E-state index contributed by atoms with van der Waals surface area (Å²) in [7, 11) is 1.15. The number of nitrogens with one attached hydrogen (secondary N) is 1. The molecule has 11 nitrogen and oxygen atoms in total. The van der Waals surface area contributed by atoms with Crippen molar-refractivity contribution in [1.29, 1.82) is 0 Å². The van der Waals surface area contributed by atoms with E-state index < -0.39 is 41.4 Å². The van der Waals surface area contributed by atoms with E-state index >= 15 is 0 Å². The number of aliphatic hydroxyl groups excluding tert-OH is 3. The number of fused-ring (bicyclic) bond motifs is 1. The highest BCUT2D eigenvalue weighted by molar-refractivity contribution is 5.97. The SMILES string of the molecule is CCCCc1c(C(=O)OC)[nH]c2c1C(O)C(C(O)C(O)[N+](=O)[O-])OC2=O. The van der Waals surface area contributed by atoms with Gasteiger partial charge >= 0.3 is 18.2 Å². The first kappa shape index (κ1) is 19.8. The zero-order chi connectivity index (χ0) is 19.6. The number of aromatic nitrogens is 1. The maximum atomic E-state index is 12.2. The molecule has 0 aromatic carbocycles. The molecule has 0 bridgehead atoms. The van der Waals surface area contributed by atoms with Crippen molar-refractivity contribution in [2.24, 2.45) is 0 Å². The number of carbonyl (C=O) groups excluding carboxylic acids is 2. The number of rotatable bonds is 7. The molecule has 26 heavy (non-hydrogen) atoms. The fraction of sp³-hybridized carbons (Fsp3) is 0.600. The lowest BCUT2D eigenvalue weighted by atomic mass is 9.91. The third kappa shape index (κ3) is 3.41. The van der Waals surface area contributed by atoms with E-state index in [1.165, 1.54) is 0 Å². The molecule has 144 valence electrons. The zero-order valence-electron chi connectivity index (χ0n) is 14.2. The summed E-state index contributed by atoms with van der Waals surface area (Å²) in [5, 5.41) is 40.5. The smallest absolute Gasteiger partial charge is 0.355 e. The largest absolute Gasteiger partial charge is 0.464 e. The number of unbranched alkanes of at least 4 members (excludes halogenated alkanes) is 1. The number of aliphatic hydroxyl groups is 3. The monoisotopic (exact) mass is 372 g/mol. The number of hydrogen-bond donors (Lipinski definition) is 4. The molecular formula is C15H20N2O9. The van der Waals surface area contributed by atoms with Crippen LogP contribution < -0.4 is 0 Å². The van der Waals surface area contributed by atoms with E-state index in [9.17, 15) is 35.0 Å². The molecule has 0 aliphatic carbocycles. The van der Waals surface area contributed by atoms with Gasteiger partial charge in [0.25, 0.3) is 0 Å². The molecule has 2 rings (SSSR count). The Kier molecular flexibility index (Phi) is 5.95. The topological polar surface area (TPSA) is 172 Å². The minimum atomic E-state index is -2.46. The first-order valence-corrected chi connectivity index (χ1v) is 7.96. The second kappa shape index (κ2) is 7.81. The second-order valence-corrected chi connectivity index (χ2v) is 5.87. The van der Waals surface area contributed by atoms with Crippen LogP contribution >= 0.6 is 0 Å². The van der Waals surface area contributed by atoms with Crippen molar-refractivity contribution in [3.05, 3.63) is 32.6 Å². The minimum absolute atomic E-state index is 0.00898. The Labute approximate surface area is 147 Å². The summed E-state index contributed by atoms with van der Waals surface area (Å²) >= 11 is 0. The lowest BCUT2D eigenvalue weighted by Crippen LogP contribution is -2.49. The highest BCUT2D eigenvalue weighted by Gasteiger charge is 2.48. The first-order chi connectivity index (χ1) is 12.2. The molecule has 1 aliphatic heterocycles. The van der Waals surface area contributed by atoms with Crippen LogP contribution in [0.5, 0.6) is 0 Å². The Hall–Kier alpha value is -2.50. The van der Waals surface area contributed by atoms with Gasteiger partial charge in [-0.1, -0.05) is 13.3 Å². The normalized spacial score (nSPS) is 21.5. The van der Waals surface area contributed by atoms with Crippen LogP contribution in [0, 0.1) is 10.1 Å². The molecule has 1 aliphatic rings. The number of hydrogen-bond acceptors (Lipinski definition) is 9. The lowest BCUT2D eigenvalue weighted by molar-refractivity contribution is -0.585. The fourth-order valence-corrected chi connectivity index (χ4v) is 2.89. The Bertz CT molecular complexity index is 714. The maximum Gasteiger partial charge on any atom is 0.355 e. The van der Waals surface area contributed by atoms with E-state index in [4.69, 9.17) is 4.74 Å². The Morgan fingerprint density at radius 3 is 2.65 bits per heavy atom. The average Bonchev–Trinajstić information content (AvgIpc) is 3.01. The molecule has 0 saturated carbocycles. The van der Waals surface area contributed by atoms with Gasteiger partial charge in [0, 0.05) is 5.56 Å². The number of aromatic amines is 1. The van der Waals surface area contributed by atoms with Gasteiger partial charge in [0.2, 0.25) is 0 Å². The van der Waals surface area contributed by atoms with E-state index in [0.29, 0.717) is 18.4 Å². The van der Waals surface area contributed by atoms with Gasteiger partial charge in [0.1, 0.15) is 17.5 Å². The fourth-order valence-electron chi connectivity index (χ4n) is 2.89. The Morgan fingerprint density at radius 1 is 1.46 bits per heavy atom. The van der Waals surface area contributed by atoms with Crippen molar-refractivity contribution in [1.82, 2.24) is 4.98 Å². The summed E-state index contributed by atoms with van der Waals surface area (Å²) in [6.45, 7) is 1.90. The number of cyclic esters (lactones) is 1. The molecule has 1 aromatic heterocycles. The predicted octanol–water partition coefficient (Wildman–Crippen LogP) is -0.328. The van der Waals surface area contributed by atoms with E-state index in [1.54, 1.807) is 0 Å². The maximum absolute atomic E-state index is 12.2. The molecule has 4 N–H and O–H groups in total. The van der Waals surface area contributed by atoms with E-state index in [2.05, 4.69) is 9.72 Å². The van der Waals surface area contributed by atoms with Crippen LogP contribution in [-0.2, 0) is 15.9 Å². The Morgan fingerprint density at radius 2 is 2.12 bits per heavy atom. The van der Waals surface area contributed by atoms with Crippen LogP contribution in [0.4, 0.5) is 0 Å². The van der Waals surface area contributed by atoms with Gasteiger partial charge in [0.05, 0.1) is 12.0 Å². The van der Waals surface area contributed by atoms with Crippen molar-refractivity contribution in [2.75, 3.05) is 7.11 Å². The molecule has 0 fully saturated rings. The highest BCUT2D eigenvalue weighted by atomic mass is 16.7. The number of nitro groups is 1. The molecule has 1 aromatic rings. The second-order valence-electron chi connectivity index (χ2n) is 5.87. The van der Waals surface area contributed by atoms with Crippen LogP contribution in [0.1, 0.15) is 58.0 Å². The van der Waals surface area contributed by atoms with Gasteiger partial charge in [-0.15, -0.1) is 0 Å². The number of ether oxygens (including phenoxy) is 2.